The van der Waals surface area contributed by atoms with Crippen LogP contribution in [0.1, 0.15) is 10.2 Å². The zero-order valence-corrected chi connectivity index (χ0v) is 10.2. The summed E-state index contributed by atoms with van der Waals surface area (Å²) in [5, 5.41) is 8.96. The van der Waals surface area contributed by atoms with Crippen molar-refractivity contribution < 1.29 is 9.53 Å². The third-order valence-corrected chi connectivity index (χ3v) is 6.60. The van der Waals surface area contributed by atoms with Gasteiger partial charge in [0.1, 0.15) is 8.07 Å². The van der Waals surface area contributed by atoms with Crippen LogP contribution in [0.25, 0.3) is 0 Å². The normalized spacial score (nSPS) is 12.0. The van der Waals surface area contributed by atoms with Gasteiger partial charge in [-0.3, -0.25) is 0 Å². The Balaban J connectivity index is 2.93. The summed E-state index contributed by atoms with van der Waals surface area (Å²) in [6.07, 6.45) is 0. The Hall–Kier alpha value is -0.673. The van der Waals surface area contributed by atoms with Crippen LogP contribution in [0.2, 0.25) is 19.6 Å². The van der Waals surface area contributed by atoms with Crippen molar-refractivity contribution in [1.82, 2.24) is 10.2 Å². The highest BCUT2D eigenvalue weighted by Gasteiger charge is 2.22. The summed E-state index contributed by atoms with van der Waals surface area (Å²) in [6.45, 7) is 6.57. The Bertz CT molecular complexity index is 319. The van der Waals surface area contributed by atoms with E-state index >= 15 is 0 Å². The van der Waals surface area contributed by atoms with E-state index in [1.54, 1.807) is 0 Å². The van der Waals surface area contributed by atoms with Gasteiger partial charge in [0.25, 0.3) is 0 Å². The Kier molecular flexibility index (Phi) is 2.88. The minimum atomic E-state index is -1.38. The van der Waals surface area contributed by atoms with Gasteiger partial charge in [-0.1, -0.05) is 27.8 Å². The molecule has 0 fully saturated rings. The van der Waals surface area contributed by atoms with Gasteiger partial charge in [-0.2, -0.15) is 5.10 Å². The Labute approximate surface area is 79.8 Å². The molecule has 0 bridgehead atoms. The number of esters is 1. The van der Waals surface area contributed by atoms with Crippen LogP contribution >= 0.6 is 8.19 Å². The maximum atomic E-state index is 11.1. The second-order valence-corrected chi connectivity index (χ2v) is 10.4. The molecule has 1 heterocycles. The van der Waals surface area contributed by atoms with E-state index in [-0.39, 0.29) is 5.97 Å². The molecule has 0 aliphatic heterocycles. The molecule has 0 aromatic carbocycles. The summed E-state index contributed by atoms with van der Waals surface area (Å²) in [4.78, 5) is 11.1. The zero-order valence-electron chi connectivity index (χ0n) is 8.21. The van der Waals surface area contributed by atoms with E-state index in [1.807, 2.05) is 0 Å². The maximum Gasteiger partial charge on any atom is 0.362 e. The minimum Gasteiger partial charge on any atom is -0.464 e. The van der Waals surface area contributed by atoms with Gasteiger partial charge in [-0.25, -0.2) is 4.79 Å². The molecule has 1 aromatic rings. The highest BCUT2D eigenvalue weighted by molar-refractivity contribution is 7.42. The lowest BCUT2D eigenvalue weighted by Gasteiger charge is -2.09. The van der Waals surface area contributed by atoms with Crippen molar-refractivity contribution in [3.63, 3.8) is 0 Å². The van der Waals surface area contributed by atoms with Gasteiger partial charge in [0, 0.05) is 0 Å². The largest absolute Gasteiger partial charge is 0.464 e. The maximum absolute atomic E-state index is 11.1. The number of methoxy groups -OCH3 is 1. The first kappa shape index (κ1) is 10.4. The van der Waals surface area contributed by atoms with E-state index in [2.05, 4.69) is 34.6 Å². The van der Waals surface area contributed by atoms with Crippen molar-refractivity contribution in [1.29, 1.82) is 0 Å². The fourth-order valence-electron chi connectivity index (χ4n) is 0.788. The summed E-state index contributed by atoms with van der Waals surface area (Å²) in [6, 6.07) is 0. The lowest BCUT2D eigenvalue weighted by atomic mass is 10.7. The minimum absolute atomic E-state index is 0.317. The van der Waals surface area contributed by atoms with Crippen molar-refractivity contribution in [2.24, 2.45) is 0 Å². The van der Waals surface area contributed by atoms with Gasteiger partial charge < -0.3 is 4.74 Å². The number of hydrogen-bond donors (Lipinski definition) is 0. The second-order valence-electron chi connectivity index (χ2n) is 3.76. The fraction of sp³-hybridized carbons (Fsp3) is 0.571. The molecule has 1 atom stereocenters. The predicted molar refractivity (Wildman–Crippen MR) is 55.9 cm³/mol. The molecule has 0 saturated heterocycles. The molecule has 0 spiro atoms. The highest BCUT2D eigenvalue weighted by atomic mass is 31.0. The Morgan fingerprint density at radius 2 is 2.00 bits per heavy atom. The SMILES string of the molecule is COC(=O)c1nnc([Si](C)(C)C)[pH]1. The van der Waals surface area contributed by atoms with Gasteiger partial charge in [-0.05, 0) is 0 Å². The molecule has 13 heavy (non-hydrogen) atoms. The molecular weight excluding hydrogens is 203 g/mol. The molecule has 1 unspecified atom stereocenters. The zero-order chi connectivity index (χ0) is 10.1. The quantitative estimate of drug-likeness (QED) is 0.543. The van der Waals surface area contributed by atoms with E-state index in [4.69, 9.17) is 0 Å². The summed E-state index contributed by atoms with van der Waals surface area (Å²) in [5.74, 6) is -0.352. The second kappa shape index (κ2) is 3.60. The topological polar surface area (TPSA) is 52.1 Å². The molecule has 0 amide bonds. The molecule has 0 aliphatic carbocycles. The number of carbonyl (C=O) groups excluding carboxylic acids is 1. The first-order chi connectivity index (χ1) is 5.95. The van der Waals surface area contributed by atoms with Crippen molar-refractivity contribution in [3.05, 3.63) is 5.43 Å². The van der Waals surface area contributed by atoms with Crippen LogP contribution in [0.15, 0.2) is 0 Å². The number of hydrogen-bond acceptors (Lipinski definition) is 4. The predicted octanol–water partition coefficient (Wildman–Crippen LogP) is 0.840. The summed E-state index contributed by atoms with van der Waals surface area (Å²) in [5.41, 5.74) is 0.458. The van der Waals surface area contributed by atoms with E-state index in [9.17, 15) is 4.79 Å². The lowest BCUT2D eigenvalue weighted by Crippen LogP contribution is -2.36. The first-order valence-corrected chi connectivity index (χ1v) is 8.46. The molecular formula is C7H13N2O2PSi. The summed E-state index contributed by atoms with van der Waals surface area (Å²) < 4.78 is 4.57. The highest BCUT2D eigenvalue weighted by Crippen LogP contribution is 2.13. The van der Waals surface area contributed by atoms with Crippen LogP contribution in [-0.2, 0) is 4.74 Å². The van der Waals surface area contributed by atoms with Crippen LogP contribution in [0.3, 0.4) is 0 Å². The molecule has 1 rings (SSSR count). The van der Waals surface area contributed by atoms with Crippen LogP contribution in [0.5, 0.6) is 0 Å². The molecule has 0 N–H and O–H groups in total. The van der Waals surface area contributed by atoms with Crippen LogP contribution < -0.4 is 5.05 Å². The lowest BCUT2D eigenvalue weighted by molar-refractivity contribution is 0.0599. The van der Waals surface area contributed by atoms with Crippen molar-refractivity contribution >= 4 is 27.3 Å². The third kappa shape index (κ3) is 2.38. The summed E-state index contributed by atoms with van der Waals surface area (Å²) in [7, 11) is 0.295. The number of nitrogens with zero attached hydrogens (tertiary/aromatic N) is 2. The monoisotopic (exact) mass is 216 g/mol. The molecule has 6 heteroatoms. The average Bonchev–Trinajstić information content (AvgIpc) is 2.50. The van der Waals surface area contributed by atoms with Crippen LogP contribution in [0, 0.1) is 0 Å². The first-order valence-electron chi connectivity index (χ1n) is 3.96. The smallest absolute Gasteiger partial charge is 0.362 e. The Morgan fingerprint density at radius 3 is 2.38 bits per heavy atom. The molecule has 72 valence electrons. The van der Waals surface area contributed by atoms with Gasteiger partial charge >= 0.3 is 5.97 Å². The summed E-state index contributed by atoms with van der Waals surface area (Å²) >= 11 is 0. The Morgan fingerprint density at radius 1 is 1.38 bits per heavy atom. The third-order valence-electron chi connectivity index (χ3n) is 1.58. The van der Waals surface area contributed by atoms with Crippen LogP contribution in [0.4, 0.5) is 0 Å². The van der Waals surface area contributed by atoms with Crippen molar-refractivity contribution in [3.8, 4) is 0 Å². The van der Waals surface area contributed by atoms with E-state index < -0.39 is 8.07 Å². The number of carbonyl (C=O) groups is 1. The standard InChI is InChI=1S/C7H13N2O2PSi/c1-11-6(10)5-8-9-7(12-5)13(2,3)4/h12H,1-4H3. The number of ether oxygens (including phenoxy) is 1. The fourth-order valence-corrected chi connectivity index (χ4v) is 3.62. The van der Waals surface area contributed by atoms with Crippen molar-refractivity contribution in [2.45, 2.75) is 19.6 Å². The molecule has 0 aliphatic rings. The molecule has 4 nitrogen and oxygen atoms in total. The number of rotatable bonds is 2. The molecule has 1 aromatic heterocycles. The number of aromatic nitrogens is 2. The molecule has 0 radical (unpaired) electrons. The van der Waals surface area contributed by atoms with Gasteiger partial charge in [-0.15, -0.1) is 5.10 Å². The van der Waals surface area contributed by atoms with E-state index in [0.717, 1.165) is 5.05 Å². The van der Waals surface area contributed by atoms with E-state index in [0.29, 0.717) is 13.6 Å². The van der Waals surface area contributed by atoms with Gasteiger partial charge in [0.2, 0.25) is 0 Å². The average molecular weight is 216 g/mol. The van der Waals surface area contributed by atoms with Gasteiger partial charge in [0.15, 0.2) is 5.43 Å². The molecule has 0 saturated carbocycles. The van der Waals surface area contributed by atoms with E-state index in [1.165, 1.54) is 7.11 Å². The van der Waals surface area contributed by atoms with Crippen molar-refractivity contribution in [2.75, 3.05) is 7.11 Å². The van der Waals surface area contributed by atoms with Gasteiger partial charge in [0.05, 0.1) is 12.2 Å². The van der Waals surface area contributed by atoms with Crippen LogP contribution in [-0.4, -0.2) is 31.4 Å².